The van der Waals surface area contributed by atoms with Crippen molar-refractivity contribution in [1.82, 2.24) is 10.2 Å². The first kappa shape index (κ1) is 23.2. The van der Waals surface area contributed by atoms with E-state index >= 15 is 0 Å². The number of ether oxygens (including phenoxy) is 1. The van der Waals surface area contributed by atoms with E-state index in [1.54, 1.807) is 32.3 Å². The van der Waals surface area contributed by atoms with Crippen molar-refractivity contribution in [1.29, 1.82) is 0 Å². The molecule has 0 radical (unpaired) electrons. The minimum absolute atomic E-state index is 0.238. The fourth-order valence-corrected chi connectivity index (χ4v) is 4.75. The van der Waals surface area contributed by atoms with Crippen LogP contribution in [0.15, 0.2) is 37.3 Å². The van der Waals surface area contributed by atoms with Crippen LogP contribution in [0.2, 0.25) is 0 Å². The summed E-state index contributed by atoms with van der Waals surface area (Å²) in [4.78, 5) is 25.7. The van der Waals surface area contributed by atoms with E-state index in [0.717, 1.165) is 26.6 Å². The van der Waals surface area contributed by atoms with E-state index in [1.807, 2.05) is 32.9 Å². The minimum Gasteiger partial charge on any atom is -0.427 e. The van der Waals surface area contributed by atoms with Crippen LogP contribution in [-0.2, 0) is 11.2 Å². The summed E-state index contributed by atoms with van der Waals surface area (Å²) in [7, 11) is 0. The van der Waals surface area contributed by atoms with E-state index in [2.05, 4.69) is 10.2 Å². The number of esters is 1. The number of aryl methyl sites for hydroxylation is 4. The molecule has 0 unspecified atom stereocenters. The number of aromatic nitrogens is 2. The molecule has 0 aliphatic carbocycles. The van der Waals surface area contributed by atoms with Crippen LogP contribution >= 0.6 is 23.1 Å². The topological polar surface area (TPSA) is 82.3 Å². The predicted octanol–water partition coefficient (Wildman–Crippen LogP) is 5.37. The molecule has 164 valence electrons. The average molecular weight is 459 g/mol. The van der Waals surface area contributed by atoms with Gasteiger partial charge in [0.05, 0.1) is 5.41 Å². The van der Waals surface area contributed by atoms with Gasteiger partial charge in [-0.25, -0.2) is 4.79 Å². The number of carbonyl (C=O) groups is 1. The number of benzene rings is 1. The molecule has 0 N–H and O–H groups in total. The summed E-state index contributed by atoms with van der Waals surface area (Å²) < 4.78 is 12.2. The number of thioether (sulfide) groups is 1. The number of rotatable bonds is 6. The van der Waals surface area contributed by atoms with Crippen LogP contribution in [-0.4, -0.2) is 21.9 Å². The Bertz CT molecular complexity index is 1120. The van der Waals surface area contributed by atoms with Gasteiger partial charge >= 0.3 is 11.6 Å². The predicted molar refractivity (Wildman–Crippen MR) is 124 cm³/mol. The smallest absolute Gasteiger partial charge is 0.347 e. The zero-order valence-electron chi connectivity index (χ0n) is 18.6. The normalized spacial score (nSPS) is 11.5. The highest BCUT2D eigenvalue weighted by molar-refractivity contribution is 8.00. The Morgan fingerprint density at radius 3 is 2.39 bits per heavy atom. The Morgan fingerprint density at radius 2 is 1.81 bits per heavy atom. The van der Waals surface area contributed by atoms with Gasteiger partial charge in [-0.3, -0.25) is 4.79 Å². The fraction of sp³-hybridized carbons (Fsp3) is 0.391. The van der Waals surface area contributed by atoms with Crippen molar-refractivity contribution in [3.63, 3.8) is 0 Å². The third-order valence-corrected chi connectivity index (χ3v) is 6.48. The lowest BCUT2D eigenvalue weighted by Gasteiger charge is -2.19. The highest BCUT2D eigenvalue weighted by Crippen LogP contribution is 2.35. The van der Waals surface area contributed by atoms with Crippen LogP contribution in [0.3, 0.4) is 0 Å². The fourth-order valence-electron chi connectivity index (χ4n) is 3.24. The Labute approximate surface area is 190 Å². The molecule has 0 bridgehead atoms. The van der Waals surface area contributed by atoms with Gasteiger partial charge in [0.2, 0.25) is 0 Å². The van der Waals surface area contributed by atoms with Gasteiger partial charge in [-0.1, -0.05) is 40.8 Å². The molecule has 0 saturated carbocycles. The quantitative estimate of drug-likeness (QED) is 0.363. The van der Waals surface area contributed by atoms with Crippen molar-refractivity contribution in [3.8, 4) is 16.9 Å². The van der Waals surface area contributed by atoms with Crippen molar-refractivity contribution in [2.45, 2.75) is 52.3 Å². The lowest BCUT2D eigenvalue weighted by molar-refractivity contribution is -0.142. The summed E-state index contributed by atoms with van der Waals surface area (Å²) in [5, 5.41) is 7.82. The van der Waals surface area contributed by atoms with E-state index in [9.17, 15) is 9.59 Å². The maximum atomic E-state index is 13.1. The molecular formula is C23H26N2O4S2. The monoisotopic (exact) mass is 458 g/mol. The molecule has 31 heavy (non-hydrogen) atoms. The number of hydrogen-bond donors (Lipinski definition) is 0. The Kier molecular flexibility index (Phi) is 7.01. The minimum atomic E-state index is -0.710. The first-order chi connectivity index (χ1) is 14.6. The summed E-state index contributed by atoms with van der Waals surface area (Å²) in [6.45, 7) is 11.2. The molecule has 6 nitrogen and oxygen atoms in total. The Balaban J connectivity index is 2.03. The van der Waals surface area contributed by atoms with Gasteiger partial charge in [0.15, 0.2) is 4.34 Å². The van der Waals surface area contributed by atoms with Gasteiger partial charge in [0, 0.05) is 18.2 Å². The summed E-state index contributed by atoms with van der Waals surface area (Å²) in [6.07, 6.45) is 0.492. The van der Waals surface area contributed by atoms with Crippen LogP contribution in [0.5, 0.6) is 5.75 Å². The molecule has 0 spiro atoms. The van der Waals surface area contributed by atoms with E-state index in [4.69, 9.17) is 9.15 Å². The molecular weight excluding hydrogens is 432 g/mol. The van der Waals surface area contributed by atoms with Gasteiger partial charge in [0.25, 0.3) is 0 Å². The average Bonchev–Trinajstić information content (AvgIpc) is 3.15. The second-order valence-electron chi connectivity index (χ2n) is 8.46. The summed E-state index contributed by atoms with van der Waals surface area (Å²) in [5.74, 6) is 0.954. The van der Waals surface area contributed by atoms with Crippen molar-refractivity contribution >= 4 is 29.1 Å². The third kappa shape index (κ3) is 5.62. The van der Waals surface area contributed by atoms with Gasteiger partial charge in [-0.2, -0.15) is 0 Å². The number of nitrogens with zero attached hydrogens (tertiary/aromatic N) is 2. The second kappa shape index (κ2) is 9.36. The Morgan fingerprint density at radius 1 is 1.13 bits per heavy atom. The molecule has 8 heteroatoms. The third-order valence-electron chi connectivity index (χ3n) is 4.62. The number of hydrogen-bond acceptors (Lipinski definition) is 8. The van der Waals surface area contributed by atoms with Crippen LogP contribution < -0.4 is 10.4 Å². The van der Waals surface area contributed by atoms with Crippen LogP contribution in [0.4, 0.5) is 0 Å². The molecule has 2 aromatic heterocycles. The Hall–Kier alpha value is -2.45. The largest absolute Gasteiger partial charge is 0.427 e. The SMILES string of the molecule is Cc1cc(C)c(-c2c(OC(=O)C(C)(C)C)cc(CCSc3nncs3)oc2=O)c(C)c1. The van der Waals surface area contributed by atoms with E-state index in [1.165, 1.54) is 23.1 Å². The highest BCUT2D eigenvalue weighted by atomic mass is 32.2. The van der Waals surface area contributed by atoms with Gasteiger partial charge < -0.3 is 9.15 Å². The lowest BCUT2D eigenvalue weighted by Crippen LogP contribution is -2.26. The lowest BCUT2D eigenvalue weighted by atomic mass is 9.94. The van der Waals surface area contributed by atoms with Crippen molar-refractivity contribution in [2.24, 2.45) is 5.41 Å². The van der Waals surface area contributed by atoms with Gasteiger partial charge in [-0.15, -0.1) is 10.2 Å². The molecule has 0 fully saturated rings. The molecule has 0 aliphatic rings. The maximum absolute atomic E-state index is 13.1. The standard InChI is InChI=1S/C23H26N2O4S2/c1-13-9-14(2)18(15(3)10-13)19-17(29-21(27)23(4,5)6)11-16(28-20(19)26)7-8-30-22-25-24-12-31-22/h9-12H,7-8H2,1-6H3. The van der Waals surface area contributed by atoms with E-state index in [-0.39, 0.29) is 11.3 Å². The zero-order chi connectivity index (χ0) is 22.8. The van der Waals surface area contributed by atoms with Crippen LogP contribution in [0.1, 0.15) is 43.2 Å². The molecule has 0 atom stereocenters. The second-order valence-corrected chi connectivity index (χ2v) is 10.6. The molecule has 0 saturated heterocycles. The molecule has 2 heterocycles. The summed E-state index contributed by atoms with van der Waals surface area (Å²) in [6, 6.07) is 5.67. The molecule has 0 amide bonds. The highest BCUT2D eigenvalue weighted by Gasteiger charge is 2.27. The van der Waals surface area contributed by atoms with E-state index < -0.39 is 17.0 Å². The first-order valence-electron chi connectivity index (χ1n) is 9.92. The van der Waals surface area contributed by atoms with Crippen molar-refractivity contribution in [2.75, 3.05) is 5.75 Å². The zero-order valence-corrected chi connectivity index (χ0v) is 20.2. The van der Waals surface area contributed by atoms with Crippen molar-refractivity contribution < 1.29 is 13.9 Å². The summed E-state index contributed by atoms with van der Waals surface area (Å²) in [5.41, 5.74) is 4.44. The molecule has 0 aliphatic heterocycles. The summed E-state index contributed by atoms with van der Waals surface area (Å²) >= 11 is 2.99. The molecule has 3 rings (SSSR count). The first-order valence-corrected chi connectivity index (χ1v) is 11.8. The van der Waals surface area contributed by atoms with E-state index in [0.29, 0.717) is 17.9 Å². The van der Waals surface area contributed by atoms with Crippen LogP contribution in [0.25, 0.3) is 11.1 Å². The number of carbonyl (C=O) groups excluding carboxylic acids is 1. The van der Waals surface area contributed by atoms with Crippen LogP contribution in [0, 0.1) is 26.2 Å². The molecule has 1 aromatic carbocycles. The van der Waals surface area contributed by atoms with Gasteiger partial charge in [0.1, 0.15) is 22.6 Å². The van der Waals surface area contributed by atoms with Crippen molar-refractivity contribution in [3.05, 3.63) is 56.6 Å². The maximum Gasteiger partial charge on any atom is 0.347 e. The molecule has 3 aromatic rings. The van der Waals surface area contributed by atoms with Gasteiger partial charge in [-0.05, 0) is 58.2 Å².